The molecule has 1 aromatic heterocycles. The van der Waals surface area contributed by atoms with Crippen LogP contribution in [0.3, 0.4) is 0 Å². The van der Waals surface area contributed by atoms with Gasteiger partial charge < -0.3 is 19.9 Å². The van der Waals surface area contributed by atoms with Gasteiger partial charge in [-0.1, -0.05) is 35.9 Å². The summed E-state index contributed by atoms with van der Waals surface area (Å²) in [6.07, 6.45) is 0.864. The lowest BCUT2D eigenvalue weighted by Gasteiger charge is -2.19. The lowest BCUT2D eigenvalue weighted by atomic mass is 10.1. The third kappa shape index (κ3) is 7.37. The Kier molecular flexibility index (Phi) is 10.2. The maximum atomic E-state index is 6.02. The minimum atomic E-state index is 0. The van der Waals surface area contributed by atoms with Crippen LogP contribution in [0.4, 0.5) is 0 Å². The van der Waals surface area contributed by atoms with Gasteiger partial charge in [0, 0.05) is 18.6 Å². The summed E-state index contributed by atoms with van der Waals surface area (Å²) in [7, 11) is 3.62. The Morgan fingerprint density at radius 1 is 1.12 bits per heavy atom. The predicted molar refractivity (Wildman–Crippen MR) is 140 cm³/mol. The number of hydrogen-bond donors (Lipinski definition) is 2. The van der Waals surface area contributed by atoms with Gasteiger partial charge in [-0.05, 0) is 55.7 Å². The molecule has 1 unspecified atom stereocenters. The van der Waals surface area contributed by atoms with Crippen molar-refractivity contribution >= 4 is 41.5 Å². The van der Waals surface area contributed by atoms with Crippen molar-refractivity contribution in [3.05, 3.63) is 76.3 Å². The largest absolute Gasteiger partial charge is 0.497 e. The van der Waals surface area contributed by atoms with Crippen LogP contribution < -0.4 is 15.4 Å². The van der Waals surface area contributed by atoms with Gasteiger partial charge in [0.25, 0.3) is 0 Å². The average molecular weight is 569 g/mol. The van der Waals surface area contributed by atoms with Crippen LogP contribution in [0.5, 0.6) is 5.75 Å². The number of halogens is 2. The summed E-state index contributed by atoms with van der Waals surface area (Å²) in [5.41, 5.74) is 2.35. The second-order valence-corrected chi connectivity index (χ2v) is 7.77. The third-order valence-corrected chi connectivity index (χ3v) is 5.40. The summed E-state index contributed by atoms with van der Waals surface area (Å²) < 4.78 is 7.17. The molecule has 9 heteroatoms. The Labute approximate surface area is 211 Å². The molecule has 0 spiro atoms. The van der Waals surface area contributed by atoms with Crippen molar-refractivity contribution in [3.8, 4) is 5.75 Å². The van der Waals surface area contributed by atoms with E-state index in [1.54, 1.807) is 7.11 Å². The summed E-state index contributed by atoms with van der Waals surface area (Å²) >= 11 is 6.02. The number of aliphatic imine (C=N–C) groups is 1. The summed E-state index contributed by atoms with van der Waals surface area (Å²) in [5.74, 6) is 3.25. The molecule has 3 aromatic rings. The maximum absolute atomic E-state index is 6.02. The van der Waals surface area contributed by atoms with Gasteiger partial charge in [-0.25, -0.2) is 4.99 Å². The highest BCUT2D eigenvalue weighted by Crippen LogP contribution is 2.16. The summed E-state index contributed by atoms with van der Waals surface area (Å²) in [5, 5.41) is 15.9. The van der Waals surface area contributed by atoms with E-state index in [0.717, 1.165) is 46.9 Å². The van der Waals surface area contributed by atoms with Gasteiger partial charge in [-0.15, -0.1) is 34.2 Å². The molecule has 0 aliphatic carbocycles. The first-order valence-corrected chi connectivity index (χ1v) is 10.6. The fraction of sp³-hybridized carbons (Fsp3) is 0.348. The zero-order valence-electron chi connectivity index (χ0n) is 18.8. The third-order valence-electron chi connectivity index (χ3n) is 5.15. The van der Waals surface area contributed by atoms with Crippen molar-refractivity contribution in [2.45, 2.75) is 32.9 Å². The lowest BCUT2D eigenvalue weighted by molar-refractivity contribution is 0.414. The molecule has 0 radical (unpaired) electrons. The van der Waals surface area contributed by atoms with Crippen LogP contribution in [0.15, 0.2) is 53.5 Å². The van der Waals surface area contributed by atoms with Gasteiger partial charge in [0.15, 0.2) is 11.8 Å². The van der Waals surface area contributed by atoms with Crippen LogP contribution in [0.25, 0.3) is 0 Å². The first kappa shape index (κ1) is 25.9. The summed E-state index contributed by atoms with van der Waals surface area (Å²) in [6, 6.07) is 16.0. The molecule has 2 aromatic carbocycles. The first-order chi connectivity index (χ1) is 15.0. The summed E-state index contributed by atoms with van der Waals surface area (Å²) in [6.45, 7) is 5.19. The van der Waals surface area contributed by atoms with Crippen LogP contribution in [0, 0.1) is 6.92 Å². The second-order valence-electron chi connectivity index (χ2n) is 7.33. The highest BCUT2D eigenvalue weighted by atomic mass is 127. The monoisotopic (exact) mass is 568 g/mol. The minimum absolute atomic E-state index is 0. The van der Waals surface area contributed by atoms with Crippen LogP contribution in [0.2, 0.25) is 5.02 Å². The number of rotatable bonds is 8. The van der Waals surface area contributed by atoms with E-state index in [1.807, 2.05) is 54.9 Å². The zero-order chi connectivity index (χ0) is 22.2. The van der Waals surface area contributed by atoms with Gasteiger partial charge in [0.05, 0.1) is 13.2 Å². The van der Waals surface area contributed by atoms with Crippen molar-refractivity contribution < 1.29 is 4.74 Å². The van der Waals surface area contributed by atoms with Gasteiger partial charge in [0.1, 0.15) is 18.1 Å². The van der Waals surface area contributed by atoms with Gasteiger partial charge in [-0.3, -0.25) is 0 Å². The van der Waals surface area contributed by atoms with E-state index in [2.05, 4.69) is 39.9 Å². The van der Waals surface area contributed by atoms with E-state index < -0.39 is 0 Å². The van der Waals surface area contributed by atoms with Crippen molar-refractivity contribution in [3.63, 3.8) is 0 Å². The van der Waals surface area contributed by atoms with Crippen molar-refractivity contribution in [1.29, 1.82) is 0 Å². The molecule has 0 aliphatic rings. The Bertz CT molecular complexity index is 1000. The number of benzene rings is 2. The van der Waals surface area contributed by atoms with Crippen molar-refractivity contribution in [1.82, 2.24) is 25.4 Å². The molecule has 0 fully saturated rings. The normalized spacial score (nSPS) is 12.1. The molecule has 0 bridgehead atoms. The average Bonchev–Trinajstić information content (AvgIpc) is 3.10. The standard InChI is InChI=1S/C23H29ClN6O.HI/c1-16(19-7-9-20(24)10-8-19)27-23(26-15-22-29-28-17(2)30(22)3)25-14-13-18-5-11-21(31-4)12-6-18;/h5-12,16H,13-15H2,1-4H3,(H2,25,26,27);1H. The molecule has 0 amide bonds. The Hall–Kier alpha value is -2.33. The number of aromatic nitrogens is 3. The van der Waals surface area contributed by atoms with Gasteiger partial charge in [-0.2, -0.15) is 0 Å². The molecule has 2 N–H and O–H groups in total. The number of aryl methyl sites for hydroxylation is 1. The smallest absolute Gasteiger partial charge is 0.192 e. The highest BCUT2D eigenvalue weighted by molar-refractivity contribution is 14.0. The van der Waals surface area contributed by atoms with Crippen molar-refractivity contribution in [2.24, 2.45) is 12.0 Å². The van der Waals surface area contributed by atoms with E-state index >= 15 is 0 Å². The van der Waals surface area contributed by atoms with Crippen LogP contribution in [0.1, 0.15) is 35.7 Å². The Balaban J connectivity index is 0.00000363. The van der Waals surface area contributed by atoms with E-state index in [9.17, 15) is 0 Å². The highest BCUT2D eigenvalue weighted by Gasteiger charge is 2.10. The van der Waals surface area contributed by atoms with Crippen LogP contribution in [-0.4, -0.2) is 34.4 Å². The summed E-state index contributed by atoms with van der Waals surface area (Å²) in [4.78, 5) is 4.73. The molecule has 0 aliphatic heterocycles. The molecule has 0 saturated carbocycles. The predicted octanol–water partition coefficient (Wildman–Crippen LogP) is 4.44. The van der Waals surface area contributed by atoms with E-state index in [4.69, 9.17) is 21.3 Å². The number of ether oxygens (including phenoxy) is 1. The number of nitrogens with zero attached hydrogens (tertiary/aromatic N) is 4. The second kappa shape index (κ2) is 12.6. The fourth-order valence-corrected chi connectivity index (χ4v) is 3.17. The SMILES string of the molecule is COc1ccc(CCNC(=NCc2nnc(C)n2C)NC(C)c2ccc(Cl)cc2)cc1.I. The molecule has 1 atom stereocenters. The lowest BCUT2D eigenvalue weighted by Crippen LogP contribution is -2.39. The molecular formula is C23H30ClIN6O. The quantitative estimate of drug-likeness (QED) is 0.239. The zero-order valence-corrected chi connectivity index (χ0v) is 21.9. The van der Waals surface area contributed by atoms with E-state index in [1.165, 1.54) is 5.56 Å². The van der Waals surface area contributed by atoms with Crippen molar-refractivity contribution in [2.75, 3.05) is 13.7 Å². The van der Waals surface area contributed by atoms with Crippen LogP contribution >= 0.6 is 35.6 Å². The Morgan fingerprint density at radius 2 is 1.81 bits per heavy atom. The molecule has 7 nitrogen and oxygen atoms in total. The first-order valence-electron chi connectivity index (χ1n) is 10.2. The fourth-order valence-electron chi connectivity index (χ4n) is 3.05. The number of hydrogen-bond acceptors (Lipinski definition) is 4. The number of nitrogens with one attached hydrogen (secondary N) is 2. The molecule has 3 rings (SSSR count). The van der Waals surface area contributed by atoms with Crippen LogP contribution in [-0.2, 0) is 20.0 Å². The number of guanidine groups is 1. The molecular weight excluding hydrogens is 539 g/mol. The minimum Gasteiger partial charge on any atom is -0.497 e. The van der Waals surface area contributed by atoms with Gasteiger partial charge >= 0.3 is 0 Å². The Morgan fingerprint density at radius 3 is 2.41 bits per heavy atom. The molecule has 32 heavy (non-hydrogen) atoms. The molecule has 172 valence electrons. The number of methoxy groups -OCH3 is 1. The topological polar surface area (TPSA) is 76.4 Å². The van der Waals surface area contributed by atoms with E-state index in [-0.39, 0.29) is 30.0 Å². The van der Waals surface area contributed by atoms with Gasteiger partial charge in [0.2, 0.25) is 0 Å². The molecule has 0 saturated heterocycles. The molecule has 1 heterocycles. The maximum Gasteiger partial charge on any atom is 0.192 e. The van der Waals surface area contributed by atoms with E-state index in [0.29, 0.717) is 6.54 Å².